The second-order valence-corrected chi connectivity index (χ2v) is 7.80. The first kappa shape index (κ1) is 19.0. The molecule has 0 atom stereocenters. The van der Waals surface area contributed by atoms with Crippen LogP contribution in [0.1, 0.15) is 35.3 Å². The van der Waals surface area contributed by atoms with Gasteiger partial charge in [0, 0.05) is 12.6 Å². The molecule has 2 aromatic carbocycles. The van der Waals surface area contributed by atoms with Gasteiger partial charge in [0.2, 0.25) is 10.0 Å². The summed E-state index contributed by atoms with van der Waals surface area (Å²) in [6.07, 6.45) is 0. The number of hydrogen-bond donors (Lipinski definition) is 3. The van der Waals surface area contributed by atoms with E-state index < -0.39 is 10.0 Å². The van der Waals surface area contributed by atoms with Gasteiger partial charge >= 0.3 is 0 Å². The molecule has 0 bridgehead atoms. The molecule has 0 aromatic heterocycles. The van der Waals surface area contributed by atoms with Crippen LogP contribution in [0.15, 0.2) is 48.5 Å². The zero-order valence-corrected chi connectivity index (χ0v) is 15.0. The van der Waals surface area contributed by atoms with Crippen LogP contribution in [0.25, 0.3) is 0 Å². The van der Waals surface area contributed by atoms with Crippen LogP contribution < -0.4 is 10.0 Å². The van der Waals surface area contributed by atoms with Crippen molar-refractivity contribution in [2.75, 3.05) is 0 Å². The van der Waals surface area contributed by atoms with E-state index in [2.05, 4.69) is 10.0 Å². The Kier molecular flexibility index (Phi) is 6.17. The van der Waals surface area contributed by atoms with Crippen molar-refractivity contribution >= 4 is 15.9 Å². The molecule has 0 aliphatic heterocycles. The molecule has 3 N–H and O–H groups in total. The monoisotopic (exact) mass is 362 g/mol. The van der Waals surface area contributed by atoms with E-state index in [0.717, 1.165) is 5.56 Å². The number of rotatable bonds is 7. The Hall–Kier alpha value is -2.38. The molecule has 2 aromatic rings. The smallest absolute Gasteiger partial charge is 0.255 e. The molecule has 134 valence electrons. The molecule has 0 saturated carbocycles. The van der Waals surface area contributed by atoms with E-state index in [9.17, 15) is 18.3 Å². The third-order valence-electron chi connectivity index (χ3n) is 3.40. The van der Waals surface area contributed by atoms with Gasteiger partial charge in [0.15, 0.2) is 0 Å². The van der Waals surface area contributed by atoms with E-state index >= 15 is 0 Å². The van der Waals surface area contributed by atoms with Gasteiger partial charge < -0.3 is 10.4 Å². The predicted molar refractivity (Wildman–Crippen MR) is 96.6 cm³/mol. The van der Waals surface area contributed by atoms with Crippen molar-refractivity contribution in [3.8, 4) is 5.75 Å². The third kappa shape index (κ3) is 5.88. The van der Waals surface area contributed by atoms with Gasteiger partial charge in [-0.25, -0.2) is 13.1 Å². The molecule has 0 fully saturated rings. The molecule has 25 heavy (non-hydrogen) atoms. The highest BCUT2D eigenvalue weighted by Crippen LogP contribution is 2.15. The molecule has 0 spiro atoms. The summed E-state index contributed by atoms with van der Waals surface area (Å²) in [5.41, 5.74) is 1.72. The highest BCUT2D eigenvalue weighted by molar-refractivity contribution is 7.88. The fourth-order valence-electron chi connectivity index (χ4n) is 2.32. The Balaban J connectivity index is 1.95. The van der Waals surface area contributed by atoms with Crippen molar-refractivity contribution in [3.05, 3.63) is 65.2 Å². The quantitative estimate of drug-likeness (QED) is 0.703. The Morgan fingerprint density at radius 1 is 1.04 bits per heavy atom. The number of carbonyl (C=O) groups excluding carboxylic acids is 1. The molecule has 1 amide bonds. The fourth-order valence-corrected chi connectivity index (χ4v) is 3.75. The van der Waals surface area contributed by atoms with E-state index in [-0.39, 0.29) is 35.6 Å². The number of benzene rings is 2. The van der Waals surface area contributed by atoms with Gasteiger partial charge in [-0.3, -0.25) is 4.79 Å². The minimum Gasteiger partial charge on any atom is -0.507 e. The lowest BCUT2D eigenvalue weighted by Gasteiger charge is -2.10. The zero-order chi connectivity index (χ0) is 18.4. The summed E-state index contributed by atoms with van der Waals surface area (Å²) in [6, 6.07) is 13.2. The summed E-state index contributed by atoms with van der Waals surface area (Å²) >= 11 is 0. The maximum Gasteiger partial charge on any atom is 0.255 e. The normalized spacial score (nSPS) is 11.5. The summed E-state index contributed by atoms with van der Waals surface area (Å²) in [4.78, 5) is 12.0. The van der Waals surface area contributed by atoms with Gasteiger partial charge in [-0.2, -0.15) is 0 Å². The van der Waals surface area contributed by atoms with Crippen LogP contribution in [-0.4, -0.2) is 25.5 Å². The topological polar surface area (TPSA) is 95.5 Å². The van der Waals surface area contributed by atoms with Gasteiger partial charge in [0.05, 0.1) is 11.3 Å². The number of phenols is 1. The third-order valence-corrected chi connectivity index (χ3v) is 4.94. The highest BCUT2D eigenvalue weighted by Gasteiger charge is 2.13. The van der Waals surface area contributed by atoms with Crippen LogP contribution in [0, 0.1) is 0 Å². The Bertz CT molecular complexity index is 830. The predicted octanol–water partition coefficient (Wildman–Crippen LogP) is 2.15. The molecule has 0 aliphatic rings. The first-order chi connectivity index (χ1) is 11.8. The van der Waals surface area contributed by atoms with E-state index in [0.29, 0.717) is 5.56 Å². The number of carbonyl (C=O) groups is 1. The van der Waals surface area contributed by atoms with Gasteiger partial charge in [-0.05, 0) is 37.1 Å². The molecule has 6 nitrogen and oxygen atoms in total. The van der Waals surface area contributed by atoms with Gasteiger partial charge in [0.1, 0.15) is 5.75 Å². The summed E-state index contributed by atoms with van der Waals surface area (Å²) < 4.78 is 26.4. The van der Waals surface area contributed by atoms with Crippen molar-refractivity contribution in [1.29, 1.82) is 0 Å². The second-order valence-electron chi connectivity index (χ2n) is 6.05. The van der Waals surface area contributed by atoms with Gasteiger partial charge in [0.25, 0.3) is 5.91 Å². The molecule has 7 heteroatoms. The summed E-state index contributed by atoms with van der Waals surface area (Å²) in [5.74, 6) is -0.528. The van der Waals surface area contributed by atoms with E-state index in [4.69, 9.17) is 0 Å². The van der Waals surface area contributed by atoms with Crippen molar-refractivity contribution in [1.82, 2.24) is 10.0 Å². The van der Waals surface area contributed by atoms with Crippen LogP contribution >= 0.6 is 0 Å². The summed E-state index contributed by atoms with van der Waals surface area (Å²) in [6.45, 7) is 3.83. The Labute approximate surface area is 147 Å². The largest absolute Gasteiger partial charge is 0.507 e. The second kappa shape index (κ2) is 8.13. The van der Waals surface area contributed by atoms with Crippen molar-refractivity contribution < 1.29 is 18.3 Å². The molecule has 0 aliphatic carbocycles. The number of sulfonamides is 1. The molecular weight excluding hydrogens is 340 g/mol. The standard InChI is InChI=1S/C18H22N2O4S/c1-13(2)20-25(23,24)12-15-9-7-14(8-10-15)11-19-18(22)16-5-3-4-6-17(16)21/h3-10,13,20-21H,11-12H2,1-2H3,(H,19,22). The average Bonchev–Trinajstić information content (AvgIpc) is 2.52. The van der Waals surface area contributed by atoms with Crippen LogP contribution in [0.5, 0.6) is 5.75 Å². The number of para-hydroxylation sites is 1. The van der Waals surface area contributed by atoms with E-state index in [1.54, 1.807) is 56.3 Å². The molecule has 0 heterocycles. The fraction of sp³-hybridized carbons (Fsp3) is 0.278. The van der Waals surface area contributed by atoms with E-state index in [1.165, 1.54) is 6.07 Å². The molecule has 0 radical (unpaired) electrons. The Morgan fingerprint density at radius 3 is 2.24 bits per heavy atom. The number of amides is 1. The number of hydrogen-bond acceptors (Lipinski definition) is 4. The SMILES string of the molecule is CC(C)NS(=O)(=O)Cc1ccc(CNC(=O)c2ccccc2O)cc1. The van der Waals surface area contributed by atoms with Crippen LogP contribution in [0.4, 0.5) is 0 Å². The van der Waals surface area contributed by atoms with Crippen LogP contribution in [0.3, 0.4) is 0 Å². The molecule has 2 rings (SSSR count). The van der Waals surface area contributed by atoms with Gasteiger partial charge in [-0.1, -0.05) is 36.4 Å². The molecule has 0 unspecified atom stereocenters. The van der Waals surface area contributed by atoms with Crippen molar-refractivity contribution in [3.63, 3.8) is 0 Å². The lowest BCUT2D eigenvalue weighted by Crippen LogP contribution is -2.31. The first-order valence-electron chi connectivity index (χ1n) is 7.91. The summed E-state index contributed by atoms with van der Waals surface area (Å²) in [5, 5.41) is 12.4. The lowest BCUT2D eigenvalue weighted by atomic mass is 10.1. The highest BCUT2D eigenvalue weighted by atomic mass is 32.2. The zero-order valence-electron chi connectivity index (χ0n) is 14.2. The average molecular weight is 362 g/mol. The van der Waals surface area contributed by atoms with Gasteiger partial charge in [-0.15, -0.1) is 0 Å². The number of nitrogens with one attached hydrogen (secondary N) is 2. The minimum atomic E-state index is -3.36. The maximum absolute atomic E-state index is 12.0. The number of phenolic OH excluding ortho intramolecular Hbond substituents is 1. The van der Waals surface area contributed by atoms with Crippen molar-refractivity contribution in [2.45, 2.75) is 32.2 Å². The van der Waals surface area contributed by atoms with Crippen molar-refractivity contribution in [2.24, 2.45) is 0 Å². The molecule has 0 saturated heterocycles. The van der Waals surface area contributed by atoms with Crippen LogP contribution in [0.2, 0.25) is 0 Å². The minimum absolute atomic E-state index is 0.0711. The van der Waals surface area contributed by atoms with Crippen LogP contribution in [-0.2, 0) is 22.3 Å². The maximum atomic E-state index is 12.0. The lowest BCUT2D eigenvalue weighted by molar-refractivity contribution is 0.0948. The Morgan fingerprint density at radius 2 is 1.64 bits per heavy atom. The summed E-state index contributed by atoms with van der Waals surface area (Å²) in [7, 11) is -3.36. The molecular formula is C18H22N2O4S. The van der Waals surface area contributed by atoms with E-state index in [1.807, 2.05) is 0 Å². The first-order valence-corrected chi connectivity index (χ1v) is 9.56. The number of aromatic hydroxyl groups is 1.